The molecule has 0 spiro atoms. The van der Waals surface area contributed by atoms with Crippen molar-refractivity contribution in [3.8, 4) is 11.4 Å². The molecule has 0 N–H and O–H groups in total. The van der Waals surface area contributed by atoms with Crippen molar-refractivity contribution >= 4 is 21.6 Å². The summed E-state index contributed by atoms with van der Waals surface area (Å²) in [6.07, 6.45) is 0.891. The van der Waals surface area contributed by atoms with E-state index in [2.05, 4.69) is 53.4 Å². The lowest BCUT2D eigenvalue weighted by atomic mass is 10.0. The first-order chi connectivity index (χ1) is 15.3. The highest BCUT2D eigenvalue weighted by Gasteiger charge is 2.16. The van der Waals surface area contributed by atoms with E-state index in [1.54, 1.807) is 0 Å². The Morgan fingerprint density at radius 3 is 2.42 bits per heavy atom. The molecule has 0 atom stereocenters. The summed E-state index contributed by atoms with van der Waals surface area (Å²) < 4.78 is 8.02. The molecule has 2 aromatic carbocycles. The van der Waals surface area contributed by atoms with Gasteiger partial charge in [0.2, 0.25) is 0 Å². The lowest BCUT2D eigenvalue weighted by molar-refractivity contribution is 0.0363. The monoisotopic (exact) mass is 431 g/mol. The zero-order valence-electron chi connectivity index (χ0n) is 17.4. The summed E-state index contributed by atoms with van der Waals surface area (Å²) in [5.74, 6) is 0.746. The molecule has 1 fully saturated rings. The average Bonchev–Trinajstić information content (AvgIpc) is 3.29. The number of morpholine rings is 1. The maximum atomic E-state index is 13.3. The summed E-state index contributed by atoms with van der Waals surface area (Å²) in [6, 6.07) is 20.8. The van der Waals surface area contributed by atoms with Gasteiger partial charge in [0.15, 0.2) is 0 Å². The van der Waals surface area contributed by atoms with Crippen LogP contribution >= 0.6 is 11.3 Å². The van der Waals surface area contributed by atoms with Gasteiger partial charge in [-0.15, -0.1) is 11.3 Å². The largest absolute Gasteiger partial charge is 0.379 e. The van der Waals surface area contributed by atoms with Crippen molar-refractivity contribution in [3.63, 3.8) is 0 Å². The molecule has 1 aliphatic rings. The lowest BCUT2D eigenvalue weighted by Crippen LogP contribution is -2.39. The Kier molecular flexibility index (Phi) is 5.93. The molecule has 0 saturated carbocycles. The molecule has 2 aromatic heterocycles. The zero-order chi connectivity index (χ0) is 21.0. The fraction of sp³-hybridized carbons (Fsp3) is 0.280. The molecule has 0 unspecified atom stereocenters. The van der Waals surface area contributed by atoms with Gasteiger partial charge in [-0.2, -0.15) is 0 Å². The Labute approximate surface area is 185 Å². The van der Waals surface area contributed by atoms with E-state index in [4.69, 9.17) is 9.72 Å². The number of ether oxygens (including phenoxy) is 1. The van der Waals surface area contributed by atoms with Crippen molar-refractivity contribution in [2.75, 3.05) is 32.8 Å². The summed E-state index contributed by atoms with van der Waals surface area (Å²) in [7, 11) is 0. The second-order valence-electron chi connectivity index (χ2n) is 7.84. The van der Waals surface area contributed by atoms with Gasteiger partial charge in [-0.1, -0.05) is 54.6 Å². The minimum Gasteiger partial charge on any atom is -0.379 e. The van der Waals surface area contributed by atoms with Gasteiger partial charge in [0.25, 0.3) is 5.56 Å². The number of fused-ring (bicyclic) bond motifs is 1. The van der Waals surface area contributed by atoms with Crippen LogP contribution < -0.4 is 5.56 Å². The molecule has 31 heavy (non-hydrogen) atoms. The molecule has 0 aliphatic carbocycles. The number of benzene rings is 2. The topological polar surface area (TPSA) is 47.4 Å². The number of rotatable bonds is 6. The van der Waals surface area contributed by atoms with Gasteiger partial charge < -0.3 is 4.74 Å². The summed E-state index contributed by atoms with van der Waals surface area (Å²) in [4.78, 5) is 20.5. The molecular formula is C25H25N3O2S. The Morgan fingerprint density at radius 2 is 1.65 bits per heavy atom. The Bertz CT molecular complexity index is 1210. The van der Waals surface area contributed by atoms with Crippen molar-refractivity contribution < 1.29 is 4.74 Å². The number of thiophene rings is 1. The van der Waals surface area contributed by atoms with Gasteiger partial charge in [0.1, 0.15) is 10.5 Å². The lowest BCUT2D eigenvalue weighted by Gasteiger charge is -2.27. The first kappa shape index (κ1) is 20.1. The first-order valence-electron chi connectivity index (χ1n) is 10.7. The Hall–Kier alpha value is -2.80. The highest BCUT2D eigenvalue weighted by Crippen LogP contribution is 2.23. The third kappa shape index (κ3) is 4.46. The smallest absolute Gasteiger partial charge is 0.271 e. The molecule has 1 saturated heterocycles. The third-order valence-corrected chi connectivity index (χ3v) is 6.66. The molecular weight excluding hydrogens is 406 g/mol. The van der Waals surface area contributed by atoms with Crippen LogP contribution in [0.3, 0.4) is 0 Å². The van der Waals surface area contributed by atoms with E-state index in [-0.39, 0.29) is 5.56 Å². The summed E-state index contributed by atoms with van der Waals surface area (Å²) in [6.45, 7) is 4.78. The highest BCUT2D eigenvalue weighted by atomic mass is 32.1. The minimum absolute atomic E-state index is 0.0524. The molecule has 4 aromatic rings. The second-order valence-corrected chi connectivity index (χ2v) is 8.76. The van der Waals surface area contributed by atoms with Gasteiger partial charge in [0, 0.05) is 31.7 Å². The fourth-order valence-corrected chi connectivity index (χ4v) is 4.82. The fourth-order valence-electron chi connectivity index (χ4n) is 4.04. The van der Waals surface area contributed by atoms with Crippen LogP contribution in [0.4, 0.5) is 0 Å². The van der Waals surface area contributed by atoms with Crippen LogP contribution in [0.5, 0.6) is 0 Å². The number of aromatic nitrogens is 2. The van der Waals surface area contributed by atoms with Crippen molar-refractivity contribution in [1.82, 2.24) is 14.5 Å². The standard InChI is InChI=1S/C25H25N3O2S/c29-25-23-22(10-17-31-23)26-24(28(25)12-11-27-13-15-30-16-14-27)21-8-6-20(7-9-21)18-19-4-2-1-3-5-19/h1-10,17H,11-16,18H2. The van der Waals surface area contributed by atoms with Gasteiger partial charge in [-0.25, -0.2) is 4.98 Å². The van der Waals surface area contributed by atoms with Crippen molar-refractivity contribution in [1.29, 1.82) is 0 Å². The molecule has 1 aliphatic heterocycles. The van der Waals surface area contributed by atoms with Crippen LogP contribution in [0.15, 0.2) is 70.8 Å². The molecule has 5 nitrogen and oxygen atoms in total. The van der Waals surface area contributed by atoms with Gasteiger partial charge in [-0.05, 0) is 29.0 Å². The van der Waals surface area contributed by atoms with Crippen LogP contribution in [-0.2, 0) is 17.7 Å². The van der Waals surface area contributed by atoms with Crippen LogP contribution in [0.1, 0.15) is 11.1 Å². The zero-order valence-corrected chi connectivity index (χ0v) is 18.2. The van der Waals surface area contributed by atoms with Crippen molar-refractivity contribution in [2.24, 2.45) is 0 Å². The Morgan fingerprint density at radius 1 is 0.903 bits per heavy atom. The predicted octanol–water partition coefficient (Wildman–Crippen LogP) is 4.05. The van der Waals surface area contributed by atoms with Gasteiger partial charge in [0.05, 0.1) is 18.7 Å². The average molecular weight is 432 g/mol. The van der Waals surface area contributed by atoms with Gasteiger partial charge >= 0.3 is 0 Å². The van der Waals surface area contributed by atoms with Crippen LogP contribution in [0.25, 0.3) is 21.6 Å². The predicted molar refractivity (Wildman–Crippen MR) is 126 cm³/mol. The van der Waals surface area contributed by atoms with Crippen LogP contribution in [0.2, 0.25) is 0 Å². The third-order valence-electron chi connectivity index (χ3n) is 5.77. The quantitative estimate of drug-likeness (QED) is 0.462. The van der Waals surface area contributed by atoms with E-state index < -0.39 is 0 Å². The van der Waals surface area contributed by atoms with E-state index in [0.29, 0.717) is 6.54 Å². The normalized spacial score (nSPS) is 14.8. The maximum Gasteiger partial charge on any atom is 0.271 e. The van der Waals surface area contributed by atoms with E-state index in [1.807, 2.05) is 22.1 Å². The molecule has 6 heteroatoms. The minimum atomic E-state index is 0.0524. The summed E-state index contributed by atoms with van der Waals surface area (Å²) in [5.41, 5.74) is 4.34. The molecule has 0 bridgehead atoms. The van der Waals surface area contributed by atoms with Crippen molar-refractivity contribution in [2.45, 2.75) is 13.0 Å². The molecule has 158 valence electrons. The van der Waals surface area contributed by atoms with Crippen molar-refractivity contribution in [3.05, 3.63) is 87.5 Å². The SMILES string of the molecule is O=c1c2sccc2nc(-c2ccc(Cc3ccccc3)cc2)n1CCN1CCOCC1. The molecule has 0 radical (unpaired) electrons. The number of hydrogen-bond donors (Lipinski definition) is 0. The molecule has 0 amide bonds. The maximum absolute atomic E-state index is 13.3. The Balaban J connectivity index is 1.45. The van der Waals surface area contributed by atoms with E-state index in [9.17, 15) is 4.79 Å². The summed E-state index contributed by atoms with van der Waals surface area (Å²) >= 11 is 1.47. The van der Waals surface area contributed by atoms with Crippen LogP contribution in [-0.4, -0.2) is 47.3 Å². The van der Waals surface area contributed by atoms with E-state index in [1.165, 1.54) is 22.5 Å². The molecule has 5 rings (SSSR count). The van der Waals surface area contributed by atoms with Crippen LogP contribution in [0, 0.1) is 0 Å². The first-order valence-corrected chi connectivity index (χ1v) is 11.6. The second kappa shape index (κ2) is 9.14. The van der Waals surface area contributed by atoms with E-state index in [0.717, 1.165) is 60.9 Å². The number of nitrogens with zero attached hydrogens (tertiary/aromatic N) is 3. The number of hydrogen-bond acceptors (Lipinski definition) is 5. The summed E-state index contributed by atoms with van der Waals surface area (Å²) in [5, 5.41) is 1.94. The van der Waals surface area contributed by atoms with E-state index >= 15 is 0 Å². The highest BCUT2D eigenvalue weighted by molar-refractivity contribution is 7.17. The van der Waals surface area contributed by atoms with Gasteiger partial charge in [-0.3, -0.25) is 14.3 Å². The molecule has 3 heterocycles.